The van der Waals surface area contributed by atoms with Crippen molar-refractivity contribution >= 4 is 46.5 Å². The number of amides is 4. The van der Waals surface area contributed by atoms with Crippen molar-refractivity contribution in [2.45, 2.75) is 6.92 Å². The highest BCUT2D eigenvalue weighted by Gasteiger charge is 2.37. The third kappa shape index (κ3) is 6.49. The second kappa shape index (κ2) is 11.2. The molecule has 0 saturated carbocycles. The number of nitrogens with one attached hydrogen (secondary N) is 1. The molecule has 2 aliphatic heterocycles. The number of carbonyl (C=O) groups is 4. The van der Waals surface area contributed by atoms with Crippen LogP contribution in [0.3, 0.4) is 0 Å². The maximum absolute atomic E-state index is 12.7. The van der Waals surface area contributed by atoms with E-state index in [9.17, 15) is 19.2 Å². The van der Waals surface area contributed by atoms with Crippen LogP contribution in [0.25, 0.3) is 6.08 Å². The van der Waals surface area contributed by atoms with Crippen LogP contribution in [-0.2, 0) is 19.1 Å². The number of aryl methyl sites for hydroxylation is 1. The van der Waals surface area contributed by atoms with Gasteiger partial charge in [-0.05, 0) is 54.6 Å². The Kier molecular flexibility index (Phi) is 7.84. The molecule has 2 fully saturated rings. The maximum Gasteiger partial charge on any atom is 0.294 e. The normalized spacial score (nSPS) is 17.1. The fourth-order valence-corrected chi connectivity index (χ4v) is 4.32. The van der Waals surface area contributed by atoms with E-state index in [0.717, 1.165) is 22.2 Å². The van der Waals surface area contributed by atoms with Crippen molar-refractivity contribution in [2.75, 3.05) is 44.8 Å². The Morgan fingerprint density at radius 3 is 2.43 bits per heavy atom. The highest BCUT2D eigenvalue weighted by molar-refractivity contribution is 8.18. The zero-order chi connectivity index (χ0) is 24.8. The number of hydrogen-bond acceptors (Lipinski definition) is 7. The van der Waals surface area contributed by atoms with Gasteiger partial charge in [-0.15, -0.1) is 0 Å². The van der Waals surface area contributed by atoms with Crippen LogP contribution < -0.4 is 10.1 Å². The minimum Gasteiger partial charge on any atom is -0.484 e. The molecule has 2 aromatic rings. The van der Waals surface area contributed by atoms with Crippen molar-refractivity contribution in [3.8, 4) is 5.75 Å². The summed E-state index contributed by atoms with van der Waals surface area (Å²) in [6, 6.07) is 14.3. The van der Waals surface area contributed by atoms with Gasteiger partial charge in [0.15, 0.2) is 6.61 Å². The number of benzene rings is 2. The van der Waals surface area contributed by atoms with Gasteiger partial charge in [-0.2, -0.15) is 0 Å². The lowest BCUT2D eigenvalue weighted by Crippen LogP contribution is -2.46. The highest BCUT2D eigenvalue weighted by atomic mass is 32.2. The minimum absolute atomic E-state index is 0.150. The largest absolute Gasteiger partial charge is 0.484 e. The van der Waals surface area contributed by atoms with Crippen molar-refractivity contribution in [1.82, 2.24) is 9.80 Å². The topological polar surface area (TPSA) is 105 Å². The third-order valence-corrected chi connectivity index (χ3v) is 6.32. The molecule has 9 nitrogen and oxygen atoms in total. The molecule has 0 atom stereocenters. The van der Waals surface area contributed by atoms with E-state index in [1.54, 1.807) is 35.2 Å². The summed E-state index contributed by atoms with van der Waals surface area (Å²) in [4.78, 5) is 52.4. The number of nitrogens with zero attached hydrogens (tertiary/aromatic N) is 2. The molecular formula is C25H25N3O6S. The lowest BCUT2D eigenvalue weighted by atomic mass is 10.2. The van der Waals surface area contributed by atoms with Crippen LogP contribution >= 0.6 is 11.8 Å². The first-order chi connectivity index (χ1) is 16.9. The van der Waals surface area contributed by atoms with Gasteiger partial charge in [0.25, 0.3) is 17.1 Å². The van der Waals surface area contributed by atoms with E-state index in [1.807, 2.05) is 31.2 Å². The van der Waals surface area contributed by atoms with E-state index in [0.29, 0.717) is 43.3 Å². The summed E-state index contributed by atoms with van der Waals surface area (Å²) in [6.45, 7) is 3.34. The molecule has 182 valence electrons. The number of imide groups is 1. The summed E-state index contributed by atoms with van der Waals surface area (Å²) in [5.74, 6) is -0.553. The van der Waals surface area contributed by atoms with Crippen LogP contribution in [0.15, 0.2) is 53.4 Å². The van der Waals surface area contributed by atoms with Gasteiger partial charge in [0.1, 0.15) is 12.3 Å². The zero-order valence-electron chi connectivity index (χ0n) is 19.2. The van der Waals surface area contributed by atoms with Crippen molar-refractivity contribution in [3.05, 3.63) is 64.6 Å². The van der Waals surface area contributed by atoms with Crippen molar-refractivity contribution in [2.24, 2.45) is 0 Å². The van der Waals surface area contributed by atoms with Gasteiger partial charge in [0, 0.05) is 18.8 Å². The second-order valence-corrected chi connectivity index (χ2v) is 9.03. The average Bonchev–Trinajstić information content (AvgIpc) is 3.12. The van der Waals surface area contributed by atoms with Crippen LogP contribution in [0.1, 0.15) is 11.1 Å². The molecule has 4 amide bonds. The van der Waals surface area contributed by atoms with Gasteiger partial charge in [-0.1, -0.05) is 29.8 Å². The molecule has 2 heterocycles. The van der Waals surface area contributed by atoms with Crippen LogP contribution in [0.5, 0.6) is 5.75 Å². The van der Waals surface area contributed by atoms with E-state index in [2.05, 4.69) is 5.32 Å². The lowest BCUT2D eigenvalue weighted by molar-refractivity contribution is -0.139. The van der Waals surface area contributed by atoms with Crippen molar-refractivity contribution in [1.29, 1.82) is 0 Å². The van der Waals surface area contributed by atoms with E-state index in [-0.39, 0.29) is 29.9 Å². The number of ether oxygens (including phenoxy) is 2. The van der Waals surface area contributed by atoms with E-state index >= 15 is 0 Å². The molecule has 4 rings (SSSR count). The standard InChI is InChI=1S/C25H25N3O6S/c1-17-2-6-19(7-3-17)26-22(29)16-34-20-8-4-18(5-9-20)14-21-24(31)28(25(32)35-21)15-23(30)27-10-12-33-13-11-27/h2-9,14H,10-13,15-16H2,1H3,(H,26,29)/b21-14+. The SMILES string of the molecule is Cc1ccc(NC(=O)COc2ccc(/C=C3/SC(=O)N(CC(=O)N4CCOCC4)C3=O)cc2)cc1. The predicted molar refractivity (Wildman–Crippen MR) is 132 cm³/mol. The van der Waals surface area contributed by atoms with Crippen LogP contribution in [0.4, 0.5) is 10.5 Å². The van der Waals surface area contributed by atoms with Gasteiger partial charge in [-0.3, -0.25) is 24.1 Å². The Morgan fingerprint density at radius 1 is 1.06 bits per heavy atom. The summed E-state index contributed by atoms with van der Waals surface area (Å²) in [7, 11) is 0. The van der Waals surface area contributed by atoms with Crippen LogP contribution in [-0.4, -0.2) is 72.2 Å². The Bertz CT molecular complexity index is 1140. The highest BCUT2D eigenvalue weighted by Crippen LogP contribution is 2.32. The Hall–Kier alpha value is -3.63. The summed E-state index contributed by atoms with van der Waals surface area (Å²) in [5.41, 5.74) is 2.48. The Morgan fingerprint density at radius 2 is 1.74 bits per heavy atom. The maximum atomic E-state index is 12.7. The third-order valence-electron chi connectivity index (χ3n) is 5.41. The summed E-state index contributed by atoms with van der Waals surface area (Å²) in [5, 5.41) is 2.29. The minimum atomic E-state index is -0.491. The molecule has 0 spiro atoms. The summed E-state index contributed by atoms with van der Waals surface area (Å²) >= 11 is 0.804. The first-order valence-corrected chi connectivity index (χ1v) is 11.9. The quantitative estimate of drug-likeness (QED) is 0.589. The molecule has 0 aromatic heterocycles. The van der Waals surface area contributed by atoms with Gasteiger partial charge < -0.3 is 19.7 Å². The van der Waals surface area contributed by atoms with Gasteiger partial charge >= 0.3 is 0 Å². The fraction of sp³-hybridized carbons (Fsp3) is 0.280. The molecule has 0 unspecified atom stereocenters. The molecule has 0 radical (unpaired) electrons. The Labute approximate surface area is 207 Å². The number of rotatable bonds is 7. The lowest BCUT2D eigenvalue weighted by Gasteiger charge is -2.28. The average molecular weight is 496 g/mol. The van der Waals surface area contributed by atoms with Crippen LogP contribution in [0, 0.1) is 6.92 Å². The molecule has 2 aliphatic rings. The second-order valence-electron chi connectivity index (χ2n) is 8.03. The van der Waals surface area contributed by atoms with E-state index in [4.69, 9.17) is 9.47 Å². The first kappa shape index (κ1) is 24.5. The molecule has 0 bridgehead atoms. The molecule has 35 heavy (non-hydrogen) atoms. The summed E-state index contributed by atoms with van der Waals surface area (Å²) in [6.07, 6.45) is 1.60. The van der Waals surface area contributed by atoms with Gasteiger partial charge in [-0.25, -0.2) is 0 Å². The van der Waals surface area contributed by atoms with Crippen LogP contribution in [0.2, 0.25) is 0 Å². The van der Waals surface area contributed by atoms with Gasteiger partial charge in [0.05, 0.1) is 18.1 Å². The summed E-state index contributed by atoms with van der Waals surface area (Å²) < 4.78 is 10.8. The molecule has 2 aromatic carbocycles. The molecule has 1 N–H and O–H groups in total. The number of anilines is 1. The number of hydrogen-bond donors (Lipinski definition) is 1. The van der Waals surface area contributed by atoms with E-state index < -0.39 is 11.1 Å². The predicted octanol–water partition coefficient (Wildman–Crippen LogP) is 2.91. The van der Waals surface area contributed by atoms with Crippen molar-refractivity contribution in [3.63, 3.8) is 0 Å². The molecular weight excluding hydrogens is 470 g/mol. The van der Waals surface area contributed by atoms with Crippen molar-refractivity contribution < 1.29 is 28.7 Å². The smallest absolute Gasteiger partial charge is 0.294 e. The first-order valence-electron chi connectivity index (χ1n) is 11.1. The molecule has 0 aliphatic carbocycles. The molecule has 10 heteroatoms. The zero-order valence-corrected chi connectivity index (χ0v) is 20.0. The number of morpholine rings is 1. The number of thioether (sulfide) groups is 1. The molecule has 2 saturated heterocycles. The number of carbonyl (C=O) groups excluding carboxylic acids is 4. The fourth-order valence-electron chi connectivity index (χ4n) is 3.48. The van der Waals surface area contributed by atoms with Gasteiger partial charge in [0.2, 0.25) is 5.91 Å². The van der Waals surface area contributed by atoms with E-state index in [1.165, 1.54) is 0 Å². The Balaban J connectivity index is 1.30. The monoisotopic (exact) mass is 495 g/mol.